The second-order valence-corrected chi connectivity index (χ2v) is 2.53. The molecule has 3 nitrogen and oxygen atoms in total. The third kappa shape index (κ3) is 9.06. The highest BCUT2D eigenvalue weighted by molar-refractivity contribution is 5.99. The first-order valence-electron chi connectivity index (χ1n) is 5.44. The van der Waals surface area contributed by atoms with Crippen LogP contribution in [0.25, 0.3) is 0 Å². The molecule has 0 unspecified atom stereocenters. The fourth-order valence-electron chi connectivity index (χ4n) is 0.858. The molecular weight excluding hydrogens is 186 g/mol. The van der Waals surface area contributed by atoms with E-state index in [4.69, 9.17) is 16.9 Å². The first-order valence-corrected chi connectivity index (χ1v) is 5.44. The van der Waals surface area contributed by atoms with Crippen LogP contribution in [0, 0.1) is 5.41 Å². The number of hydrogen-bond donors (Lipinski definition) is 3. The lowest BCUT2D eigenvalue weighted by molar-refractivity contribution is 1.24. The molecule has 0 aliphatic carbocycles. The van der Waals surface area contributed by atoms with E-state index in [1.165, 1.54) is 0 Å². The summed E-state index contributed by atoms with van der Waals surface area (Å²) in [5.41, 5.74) is 13.1. The Hall–Kier alpha value is -1.25. The van der Waals surface area contributed by atoms with E-state index in [0.717, 1.165) is 5.57 Å². The number of rotatable bonds is 2. The van der Waals surface area contributed by atoms with Crippen LogP contribution in [0.3, 0.4) is 0 Å². The third-order valence-corrected chi connectivity index (χ3v) is 1.37. The predicted octanol–water partition coefficient (Wildman–Crippen LogP) is 3.17. The van der Waals surface area contributed by atoms with Crippen LogP contribution in [-0.4, -0.2) is 5.84 Å². The van der Waals surface area contributed by atoms with Crippen molar-refractivity contribution in [3.63, 3.8) is 0 Å². The number of nitrogens with one attached hydrogen (secondary N) is 1. The molecule has 0 radical (unpaired) electrons. The predicted molar refractivity (Wildman–Crippen MR) is 70.9 cm³/mol. The molecule has 0 heterocycles. The average molecular weight is 213 g/mol. The van der Waals surface area contributed by atoms with Gasteiger partial charge in [-0.2, -0.15) is 0 Å². The molecule has 3 heteroatoms. The quantitative estimate of drug-likeness (QED) is 0.374. The summed E-state index contributed by atoms with van der Waals surface area (Å²) in [7, 11) is 0. The fraction of sp³-hybridized carbons (Fsp3) is 0.583. The van der Waals surface area contributed by atoms with Crippen LogP contribution in [0.1, 0.15) is 48.5 Å². The highest BCUT2D eigenvalue weighted by Gasteiger charge is 2.04. The summed E-state index contributed by atoms with van der Waals surface area (Å²) in [5.74, 6) is 0.0283. The molecule has 0 aromatic carbocycles. The second kappa shape index (κ2) is 12.8. The Morgan fingerprint density at radius 1 is 1.00 bits per heavy atom. The normalized spacial score (nSPS) is 8.87. The van der Waals surface area contributed by atoms with Crippen LogP contribution in [0.4, 0.5) is 0 Å². The highest BCUT2D eigenvalue weighted by atomic mass is 14.7. The van der Waals surface area contributed by atoms with Crippen molar-refractivity contribution >= 4 is 5.84 Å². The first-order chi connectivity index (χ1) is 7.00. The second-order valence-electron chi connectivity index (χ2n) is 2.53. The zero-order valence-corrected chi connectivity index (χ0v) is 11.2. The Balaban J connectivity index is -0.000000318. The van der Waals surface area contributed by atoms with Gasteiger partial charge in [0.25, 0.3) is 0 Å². The van der Waals surface area contributed by atoms with E-state index in [9.17, 15) is 0 Å². The molecule has 5 N–H and O–H groups in total. The van der Waals surface area contributed by atoms with Gasteiger partial charge in [0.1, 0.15) is 5.84 Å². The van der Waals surface area contributed by atoms with E-state index < -0.39 is 0 Å². The van der Waals surface area contributed by atoms with E-state index in [-0.39, 0.29) is 5.84 Å². The lowest BCUT2D eigenvalue weighted by Gasteiger charge is -2.07. The average Bonchev–Trinajstić information content (AvgIpc) is 2.22. The van der Waals surface area contributed by atoms with Crippen LogP contribution < -0.4 is 11.5 Å². The molecule has 90 valence electrons. The van der Waals surface area contributed by atoms with Gasteiger partial charge in [0.15, 0.2) is 0 Å². The molecule has 0 amide bonds. The van der Waals surface area contributed by atoms with Gasteiger partial charge in [-0.25, -0.2) is 0 Å². The van der Waals surface area contributed by atoms with Crippen LogP contribution in [0.2, 0.25) is 0 Å². The molecule has 0 aliphatic rings. The summed E-state index contributed by atoms with van der Waals surface area (Å²) in [5, 5.41) is 7.21. The number of amidine groups is 1. The largest absolute Gasteiger partial charge is 0.398 e. The van der Waals surface area contributed by atoms with Gasteiger partial charge in [-0.1, -0.05) is 39.3 Å². The SMILES string of the molecule is C/C=C(/N)C(C(=N)N)=C(C)C.CC.CC. The molecule has 0 atom stereocenters. The van der Waals surface area contributed by atoms with Crippen LogP contribution in [-0.2, 0) is 0 Å². The van der Waals surface area contributed by atoms with Crippen LogP contribution in [0.5, 0.6) is 0 Å². The first kappa shape index (κ1) is 19.3. The Kier molecular flexibility index (Phi) is 16.4. The van der Waals surface area contributed by atoms with Crippen LogP contribution >= 0.6 is 0 Å². The maximum atomic E-state index is 7.21. The summed E-state index contributed by atoms with van der Waals surface area (Å²) < 4.78 is 0. The minimum atomic E-state index is 0.0283. The maximum absolute atomic E-state index is 7.21. The summed E-state index contributed by atoms with van der Waals surface area (Å²) >= 11 is 0. The van der Waals surface area contributed by atoms with Crippen molar-refractivity contribution in [2.75, 3.05) is 0 Å². The smallest absolute Gasteiger partial charge is 0.124 e. The van der Waals surface area contributed by atoms with Gasteiger partial charge < -0.3 is 11.5 Å². The Morgan fingerprint density at radius 3 is 1.40 bits per heavy atom. The highest BCUT2D eigenvalue weighted by Crippen LogP contribution is 2.08. The minimum Gasteiger partial charge on any atom is -0.398 e. The van der Waals surface area contributed by atoms with E-state index >= 15 is 0 Å². The molecule has 15 heavy (non-hydrogen) atoms. The van der Waals surface area contributed by atoms with E-state index in [0.29, 0.717) is 11.3 Å². The summed E-state index contributed by atoms with van der Waals surface area (Å²) in [6.07, 6.45) is 1.74. The number of hydrogen-bond acceptors (Lipinski definition) is 2. The number of allylic oxidation sites excluding steroid dienone is 2. The van der Waals surface area contributed by atoms with Crippen molar-refractivity contribution < 1.29 is 0 Å². The molecule has 0 aromatic rings. The van der Waals surface area contributed by atoms with Crippen molar-refractivity contribution in [3.05, 3.63) is 22.9 Å². The van der Waals surface area contributed by atoms with Gasteiger partial charge in [0, 0.05) is 11.3 Å². The molecule has 0 bridgehead atoms. The summed E-state index contributed by atoms with van der Waals surface area (Å²) in [6, 6.07) is 0. The lowest BCUT2D eigenvalue weighted by Crippen LogP contribution is -2.19. The Labute approximate surface area is 94.8 Å². The molecule has 0 aromatic heterocycles. The van der Waals surface area contributed by atoms with Crippen LogP contribution in [0.15, 0.2) is 22.9 Å². The molecule has 0 rings (SSSR count). The van der Waals surface area contributed by atoms with E-state index in [1.807, 2.05) is 48.5 Å². The molecule has 0 aliphatic heterocycles. The van der Waals surface area contributed by atoms with Crippen molar-refractivity contribution in [3.8, 4) is 0 Å². The number of nitrogens with two attached hydrogens (primary N) is 2. The lowest BCUT2D eigenvalue weighted by atomic mass is 10.1. The molecule has 0 spiro atoms. The zero-order valence-electron chi connectivity index (χ0n) is 11.2. The zero-order chi connectivity index (χ0) is 13.0. The van der Waals surface area contributed by atoms with Crippen molar-refractivity contribution in [2.45, 2.75) is 48.5 Å². The molecule has 0 fully saturated rings. The Bertz CT molecular complexity index is 221. The molecule has 0 saturated heterocycles. The van der Waals surface area contributed by atoms with Gasteiger partial charge in [0.05, 0.1) is 0 Å². The van der Waals surface area contributed by atoms with Gasteiger partial charge in [0.2, 0.25) is 0 Å². The van der Waals surface area contributed by atoms with E-state index in [2.05, 4.69) is 0 Å². The summed E-state index contributed by atoms with van der Waals surface area (Å²) in [6.45, 7) is 13.6. The van der Waals surface area contributed by atoms with E-state index in [1.54, 1.807) is 6.08 Å². The molecular formula is C12H27N3. The third-order valence-electron chi connectivity index (χ3n) is 1.37. The minimum absolute atomic E-state index is 0.0283. The Morgan fingerprint density at radius 2 is 1.33 bits per heavy atom. The molecule has 0 saturated carbocycles. The maximum Gasteiger partial charge on any atom is 0.124 e. The topological polar surface area (TPSA) is 75.9 Å². The van der Waals surface area contributed by atoms with Gasteiger partial charge >= 0.3 is 0 Å². The van der Waals surface area contributed by atoms with Gasteiger partial charge in [-0.05, 0) is 20.8 Å². The summed E-state index contributed by atoms with van der Waals surface area (Å²) in [4.78, 5) is 0. The van der Waals surface area contributed by atoms with Crippen molar-refractivity contribution in [2.24, 2.45) is 11.5 Å². The fourth-order valence-corrected chi connectivity index (χ4v) is 0.858. The monoisotopic (exact) mass is 213 g/mol. The van der Waals surface area contributed by atoms with Gasteiger partial charge in [-0.3, -0.25) is 5.41 Å². The van der Waals surface area contributed by atoms with Crippen molar-refractivity contribution in [1.29, 1.82) is 5.41 Å². The van der Waals surface area contributed by atoms with Gasteiger partial charge in [-0.15, -0.1) is 0 Å². The standard InChI is InChI=1S/C8H15N3.2C2H6/c1-4-6(9)7(5(2)3)8(10)11;2*1-2/h4H,9H2,1-3H3,(H3,10,11);2*1-2H3/b6-4+;;. The van der Waals surface area contributed by atoms with Crippen molar-refractivity contribution in [1.82, 2.24) is 0 Å².